The third kappa shape index (κ3) is 4.20. The zero-order chi connectivity index (χ0) is 13.8. The number of aromatic nitrogens is 1. The Hall–Kier alpha value is -1.10. The molecule has 0 aromatic carbocycles. The molecule has 19 heavy (non-hydrogen) atoms. The van der Waals surface area contributed by atoms with Crippen LogP contribution in [0.4, 0.5) is 9.80 Å². The molecule has 4 nitrogen and oxygen atoms in total. The molecule has 0 unspecified atom stereocenters. The van der Waals surface area contributed by atoms with Gasteiger partial charge in [-0.2, -0.15) is 0 Å². The lowest BCUT2D eigenvalue weighted by Crippen LogP contribution is -2.36. The lowest BCUT2D eigenvalue weighted by atomic mass is 10.1. The van der Waals surface area contributed by atoms with E-state index in [4.69, 9.17) is 0 Å². The van der Waals surface area contributed by atoms with Crippen molar-refractivity contribution >= 4 is 22.4 Å². The van der Waals surface area contributed by atoms with Gasteiger partial charge in [0.15, 0.2) is 0 Å². The maximum atomic E-state index is 12.0. The number of thiazole rings is 1. The second-order valence-electron chi connectivity index (χ2n) is 5.69. The van der Waals surface area contributed by atoms with Crippen molar-refractivity contribution in [2.24, 2.45) is 5.92 Å². The minimum atomic E-state index is -0.0828. The number of hydrogen-bond acceptors (Lipinski definition) is 3. The van der Waals surface area contributed by atoms with Crippen LogP contribution >= 0.6 is 11.3 Å². The number of nitrogens with one attached hydrogen (secondary N) is 2. The molecule has 0 aliphatic heterocycles. The van der Waals surface area contributed by atoms with E-state index in [0.717, 1.165) is 35.0 Å². The van der Waals surface area contributed by atoms with Gasteiger partial charge in [-0.25, -0.2) is 9.78 Å². The molecular formula is C14H23N3OS. The van der Waals surface area contributed by atoms with Gasteiger partial charge in [0, 0.05) is 6.04 Å². The third-order valence-corrected chi connectivity index (χ3v) is 4.25. The van der Waals surface area contributed by atoms with Crippen LogP contribution in [-0.2, 0) is 6.42 Å². The molecule has 5 heteroatoms. The third-order valence-electron chi connectivity index (χ3n) is 3.32. The Morgan fingerprint density at radius 1 is 1.42 bits per heavy atom. The van der Waals surface area contributed by atoms with Gasteiger partial charge in [-0.1, -0.05) is 26.7 Å². The first-order chi connectivity index (χ1) is 9.04. The second-order valence-corrected chi connectivity index (χ2v) is 6.89. The molecule has 1 aliphatic carbocycles. The maximum absolute atomic E-state index is 12.0. The molecule has 106 valence electrons. The molecule has 0 spiro atoms. The largest absolute Gasteiger partial charge is 0.335 e. The number of aryl methyl sites for hydroxylation is 1. The van der Waals surface area contributed by atoms with Gasteiger partial charge in [0.25, 0.3) is 0 Å². The smallest absolute Gasteiger partial charge is 0.320 e. The number of carbonyl (C=O) groups is 1. The number of carbonyl (C=O) groups excluding carboxylic acids is 1. The first kappa shape index (κ1) is 14.3. The highest BCUT2D eigenvalue weighted by Crippen LogP contribution is 2.26. The number of hydrogen-bond donors (Lipinski definition) is 2. The molecule has 1 aliphatic rings. The molecule has 0 atom stereocenters. The van der Waals surface area contributed by atoms with Crippen LogP contribution in [0.3, 0.4) is 0 Å². The van der Waals surface area contributed by atoms with Crippen molar-refractivity contribution in [2.45, 2.75) is 58.9 Å². The van der Waals surface area contributed by atoms with Gasteiger partial charge in [0.2, 0.25) is 0 Å². The second kappa shape index (κ2) is 6.37. The monoisotopic (exact) mass is 281 g/mol. The minimum absolute atomic E-state index is 0.0828. The van der Waals surface area contributed by atoms with Crippen LogP contribution in [0.25, 0.3) is 0 Å². The minimum Gasteiger partial charge on any atom is -0.335 e. The standard InChI is InChI=1S/C14H23N3OS/c1-9(2)8-12-13(19-10(3)15-12)17-14(18)16-11-6-4-5-7-11/h9,11H,4-8H2,1-3H3,(H2,16,17,18). The number of amides is 2. The van der Waals surface area contributed by atoms with Crippen LogP contribution in [0.15, 0.2) is 0 Å². The van der Waals surface area contributed by atoms with Crippen LogP contribution in [0, 0.1) is 12.8 Å². The van der Waals surface area contributed by atoms with Crippen molar-refractivity contribution < 1.29 is 4.79 Å². The Balaban J connectivity index is 1.95. The maximum Gasteiger partial charge on any atom is 0.320 e. The molecule has 0 bridgehead atoms. The van der Waals surface area contributed by atoms with E-state index in [1.165, 1.54) is 12.8 Å². The number of rotatable bonds is 4. The van der Waals surface area contributed by atoms with Crippen LogP contribution < -0.4 is 10.6 Å². The number of urea groups is 1. The SMILES string of the molecule is Cc1nc(CC(C)C)c(NC(=O)NC2CCCC2)s1. The predicted octanol–water partition coefficient (Wildman–Crippen LogP) is 3.71. The fourth-order valence-corrected chi connectivity index (χ4v) is 3.33. The highest BCUT2D eigenvalue weighted by Gasteiger charge is 2.18. The average Bonchev–Trinajstić information content (AvgIpc) is 2.89. The Kier molecular flexibility index (Phi) is 4.80. The highest BCUT2D eigenvalue weighted by atomic mass is 32.1. The predicted molar refractivity (Wildman–Crippen MR) is 79.8 cm³/mol. The Morgan fingerprint density at radius 2 is 2.11 bits per heavy atom. The molecular weight excluding hydrogens is 258 g/mol. The van der Waals surface area contributed by atoms with E-state index in [-0.39, 0.29) is 6.03 Å². The first-order valence-electron chi connectivity index (χ1n) is 7.08. The molecule has 2 amide bonds. The summed E-state index contributed by atoms with van der Waals surface area (Å²) < 4.78 is 0. The Labute approximate surface area is 119 Å². The van der Waals surface area contributed by atoms with Gasteiger partial charge >= 0.3 is 6.03 Å². The quantitative estimate of drug-likeness (QED) is 0.884. The molecule has 0 saturated heterocycles. The Bertz CT molecular complexity index is 436. The van der Waals surface area contributed by atoms with Crippen LogP contribution in [0.1, 0.15) is 50.2 Å². The van der Waals surface area contributed by atoms with Crippen LogP contribution in [-0.4, -0.2) is 17.1 Å². The van der Waals surface area contributed by atoms with Crippen LogP contribution in [0.5, 0.6) is 0 Å². The molecule has 0 radical (unpaired) electrons. The lowest BCUT2D eigenvalue weighted by Gasteiger charge is -2.13. The average molecular weight is 281 g/mol. The van der Waals surface area contributed by atoms with E-state index in [1.54, 1.807) is 11.3 Å². The molecule has 2 N–H and O–H groups in total. The van der Waals surface area contributed by atoms with Gasteiger partial charge in [0.1, 0.15) is 5.00 Å². The first-order valence-corrected chi connectivity index (χ1v) is 7.90. The molecule has 1 fully saturated rings. The summed E-state index contributed by atoms with van der Waals surface area (Å²) in [6, 6.07) is 0.267. The summed E-state index contributed by atoms with van der Waals surface area (Å²) in [4.78, 5) is 16.5. The number of nitrogens with zero attached hydrogens (tertiary/aromatic N) is 1. The summed E-state index contributed by atoms with van der Waals surface area (Å²) in [5, 5.41) is 7.93. The molecule has 1 aromatic heterocycles. The highest BCUT2D eigenvalue weighted by molar-refractivity contribution is 7.16. The van der Waals surface area contributed by atoms with Gasteiger partial charge in [-0.05, 0) is 32.1 Å². The van der Waals surface area contributed by atoms with Crippen molar-refractivity contribution in [3.63, 3.8) is 0 Å². The molecule has 1 saturated carbocycles. The van der Waals surface area contributed by atoms with Crippen molar-refractivity contribution in [2.75, 3.05) is 5.32 Å². The van der Waals surface area contributed by atoms with E-state index in [9.17, 15) is 4.79 Å². The van der Waals surface area contributed by atoms with E-state index < -0.39 is 0 Å². The summed E-state index contributed by atoms with van der Waals surface area (Å²) >= 11 is 1.56. The van der Waals surface area contributed by atoms with E-state index in [1.807, 2.05) is 6.92 Å². The molecule has 2 rings (SSSR count). The van der Waals surface area contributed by atoms with Gasteiger partial charge < -0.3 is 5.32 Å². The summed E-state index contributed by atoms with van der Waals surface area (Å²) in [6.07, 6.45) is 5.57. The Morgan fingerprint density at radius 3 is 2.74 bits per heavy atom. The fourth-order valence-electron chi connectivity index (χ4n) is 2.49. The van der Waals surface area contributed by atoms with Crippen molar-refractivity contribution in [1.82, 2.24) is 10.3 Å². The zero-order valence-corrected chi connectivity index (χ0v) is 12.8. The molecule has 1 aromatic rings. The normalized spacial score (nSPS) is 16.0. The zero-order valence-electron chi connectivity index (χ0n) is 12.0. The summed E-state index contributed by atoms with van der Waals surface area (Å²) in [7, 11) is 0. The van der Waals surface area contributed by atoms with E-state index in [2.05, 4.69) is 29.5 Å². The van der Waals surface area contributed by atoms with Crippen molar-refractivity contribution in [3.8, 4) is 0 Å². The van der Waals surface area contributed by atoms with E-state index >= 15 is 0 Å². The topological polar surface area (TPSA) is 54.0 Å². The van der Waals surface area contributed by atoms with Gasteiger partial charge in [-0.15, -0.1) is 11.3 Å². The lowest BCUT2D eigenvalue weighted by molar-refractivity contribution is 0.248. The van der Waals surface area contributed by atoms with Gasteiger partial charge in [0.05, 0.1) is 10.7 Å². The van der Waals surface area contributed by atoms with Crippen molar-refractivity contribution in [1.29, 1.82) is 0 Å². The fraction of sp³-hybridized carbons (Fsp3) is 0.714. The van der Waals surface area contributed by atoms with E-state index in [0.29, 0.717) is 12.0 Å². The molecule has 1 heterocycles. The van der Waals surface area contributed by atoms with Crippen LogP contribution in [0.2, 0.25) is 0 Å². The van der Waals surface area contributed by atoms with Crippen molar-refractivity contribution in [3.05, 3.63) is 10.7 Å². The summed E-state index contributed by atoms with van der Waals surface area (Å²) in [6.45, 7) is 6.31. The number of anilines is 1. The van der Waals surface area contributed by atoms with Gasteiger partial charge in [-0.3, -0.25) is 5.32 Å². The summed E-state index contributed by atoms with van der Waals surface area (Å²) in [5.74, 6) is 0.542. The summed E-state index contributed by atoms with van der Waals surface area (Å²) in [5.41, 5.74) is 1.01.